The van der Waals surface area contributed by atoms with E-state index in [1.54, 1.807) is 0 Å². The van der Waals surface area contributed by atoms with Gasteiger partial charge in [0.2, 0.25) is 5.88 Å². The molecule has 1 unspecified atom stereocenters. The molecule has 0 amide bonds. The van der Waals surface area contributed by atoms with Crippen molar-refractivity contribution >= 4 is 0 Å². The number of nitrogens with zero attached hydrogens (tertiary/aromatic N) is 1. The summed E-state index contributed by atoms with van der Waals surface area (Å²) in [7, 11) is 0. The highest BCUT2D eigenvalue weighted by Gasteiger charge is 2.44. The number of aliphatic hydroxyl groups excluding tert-OH is 2. The van der Waals surface area contributed by atoms with Crippen molar-refractivity contribution in [3.63, 3.8) is 0 Å². The molecule has 2 saturated carbocycles. The van der Waals surface area contributed by atoms with E-state index in [2.05, 4.69) is 10.3 Å². The quantitative estimate of drug-likeness (QED) is 0.707. The Hall–Kier alpha value is -1.17. The molecule has 0 bridgehead atoms. The van der Waals surface area contributed by atoms with Gasteiger partial charge in [-0.2, -0.15) is 0 Å². The molecule has 122 valence electrons. The minimum absolute atomic E-state index is 0.223. The number of nitrogens with one attached hydrogen (secondary N) is 1. The molecule has 2 fully saturated rings. The lowest BCUT2D eigenvalue weighted by molar-refractivity contribution is 0.0438. The fourth-order valence-electron chi connectivity index (χ4n) is 3.24. The van der Waals surface area contributed by atoms with E-state index in [4.69, 9.17) is 4.74 Å². The van der Waals surface area contributed by atoms with Gasteiger partial charge in [0, 0.05) is 23.7 Å². The van der Waals surface area contributed by atoms with Crippen molar-refractivity contribution in [2.45, 2.75) is 44.8 Å². The number of aliphatic hydroxyl groups is 2. The number of pyridine rings is 1. The first-order valence-corrected chi connectivity index (χ1v) is 8.20. The summed E-state index contributed by atoms with van der Waals surface area (Å²) in [5, 5.41) is 23.4. The summed E-state index contributed by atoms with van der Waals surface area (Å²) in [6, 6.07) is 5.71. The normalized spacial score (nSPS) is 31.4. The van der Waals surface area contributed by atoms with E-state index in [1.807, 2.05) is 25.1 Å². The third-order valence-corrected chi connectivity index (χ3v) is 4.75. The Morgan fingerprint density at radius 1 is 1.27 bits per heavy atom. The molecule has 2 aliphatic carbocycles. The molecule has 2 aliphatic rings. The zero-order valence-corrected chi connectivity index (χ0v) is 13.2. The average molecular weight is 306 g/mol. The van der Waals surface area contributed by atoms with Crippen LogP contribution in [0.3, 0.4) is 0 Å². The highest BCUT2D eigenvalue weighted by atomic mass is 16.5. The summed E-state index contributed by atoms with van der Waals surface area (Å²) in [4.78, 5) is 4.35. The molecule has 0 radical (unpaired) electrons. The molecular weight excluding hydrogens is 280 g/mol. The highest BCUT2D eigenvalue weighted by molar-refractivity contribution is 5.15. The fraction of sp³-hybridized carbons (Fsp3) is 0.706. The molecule has 3 atom stereocenters. The maximum atomic E-state index is 9.95. The van der Waals surface area contributed by atoms with Gasteiger partial charge >= 0.3 is 0 Å². The first-order valence-electron chi connectivity index (χ1n) is 8.20. The molecule has 0 aromatic carbocycles. The standard InChI is InChI=1S/C17H26N2O3/c1-12-3-2-4-16(19-12)22-11-17(7-14(20)15(21)8-17)10-18-9-13-5-6-13/h2-4,13-15,18,20-21H,5-11H2,1H3/t14-,15+,17?. The molecule has 5 heteroatoms. The first-order chi connectivity index (χ1) is 10.6. The van der Waals surface area contributed by atoms with Crippen molar-refractivity contribution in [3.05, 3.63) is 23.9 Å². The SMILES string of the molecule is Cc1cccc(OCC2(CNCC3CC3)C[C@@H](O)[C@@H](O)C2)n1. The fourth-order valence-corrected chi connectivity index (χ4v) is 3.24. The third-order valence-electron chi connectivity index (χ3n) is 4.75. The summed E-state index contributed by atoms with van der Waals surface area (Å²) in [5.41, 5.74) is 0.698. The molecule has 1 aromatic rings. The number of aryl methyl sites for hydroxylation is 1. The van der Waals surface area contributed by atoms with Crippen LogP contribution in [0.15, 0.2) is 18.2 Å². The summed E-state index contributed by atoms with van der Waals surface area (Å²) < 4.78 is 5.87. The highest BCUT2D eigenvalue weighted by Crippen LogP contribution is 2.39. The van der Waals surface area contributed by atoms with Crippen molar-refractivity contribution in [3.8, 4) is 5.88 Å². The lowest BCUT2D eigenvalue weighted by Crippen LogP contribution is -2.39. The Morgan fingerprint density at radius 2 is 2.00 bits per heavy atom. The summed E-state index contributed by atoms with van der Waals surface area (Å²) in [5.74, 6) is 1.42. The van der Waals surface area contributed by atoms with Crippen LogP contribution < -0.4 is 10.1 Å². The molecule has 5 nitrogen and oxygen atoms in total. The second kappa shape index (κ2) is 6.52. The zero-order valence-electron chi connectivity index (χ0n) is 13.2. The van der Waals surface area contributed by atoms with Crippen LogP contribution in [0.5, 0.6) is 5.88 Å². The monoisotopic (exact) mass is 306 g/mol. The molecule has 3 N–H and O–H groups in total. The molecule has 22 heavy (non-hydrogen) atoms. The van der Waals surface area contributed by atoms with Crippen LogP contribution in [0, 0.1) is 18.3 Å². The average Bonchev–Trinajstić information content (AvgIpc) is 3.24. The van der Waals surface area contributed by atoms with Gasteiger partial charge in [-0.1, -0.05) is 6.07 Å². The van der Waals surface area contributed by atoms with Gasteiger partial charge in [-0.05, 0) is 51.1 Å². The van der Waals surface area contributed by atoms with Crippen LogP contribution in [-0.2, 0) is 0 Å². The van der Waals surface area contributed by atoms with Crippen LogP contribution in [0.4, 0.5) is 0 Å². The lowest BCUT2D eigenvalue weighted by Gasteiger charge is -2.29. The zero-order chi connectivity index (χ0) is 15.6. The van der Waals surface area contributed by atoms with Gasteiger partial charge in [0.05, 0.1) is 18.8 Å². The molecule has 1 heterocycles. The van der Waals surface area contributed by atoms with Crippen molar-refractivity contribution in [2.24, 2.45) is 11.3 Å². The predicted molar refractivity (Wildman–Crippen MR) is 83.7 cm³/mol. The number of hydrogen-bond donors (Lipinski definition) is 3. The van der Waals surface area contributed by atoms with Gasteiger partial charge in [0.25, 0.3) is 0 Å². The molecule has 0 aliphatic heterocycles. The van der Waals surface area contributed by atoms with Crippen molar-refractivity contribution < 1.29 is 14.9 Å². The minimum Gasteiger partial charge on any atom is -0.477 e. The van der Waals surface area contributed by atoms with Gasteiger partial charge < -0.3 is 20.3 Å². The number of hydrogen-bond acceptors (Lipinski definition) is 5. The van der Waals surface area contributed by atoms with Crippen LogP contribution >= 0.6 is 0 Å². The van der Waals surface area contributed by atoms with Crippen LogP contribution in [0.25, 0.3) is 0 Å². The smallest absolute Gasteiger partial charge is 0.213 e. The van der Waals surface area contributed by atoms with Crippen LogP contribution in [0.1, 0.15) is 31.4 Å². The second-order valence-electron chi connectivity index (χ2n) is 7.02. The molecule has 0 spiro atoms. The Kier molecular flexibility index (Phi) is 4.66. The third kappa shape index (κ3) is 3.97. The van der Waals surface area contributed by atoms with E-state index < -0.39 is 12.2 Å². The van der Waals surface area contributed by atoms with E-state index in [1.165, 1.54) is 12.8 Å². The Morgan fingerprint density at radius 3 is 2.64 bits per heavy atom. The van der Waals surface area contributed by atoms with E-state index >= 15 is 0 Å². The lowest BCUT2D eigenvalue weighted by atomic mass is 9.86. The maximum absolute atomic E-state index is 9.95. The second-order valence-corrected chi connectivity index (χ2v) is 7.02. The molecular formula is C17H26N2O3. The van der Waals surface area contributed by atoms with Gasteiger partial charge in [0.1, 0.15) is 0 Å². The molecule has 3 rings (SSSR count). The van der Waals surface area contributed by atoms with E-state index in [-0.39, 0.29) is 5.41 Å². The Labute approximate surface area is 131 Å². The summed E-state index contributed by atoms with van der Waals surface area (Å²) in [6.07, 6.45) is 2.45. The van der Waals surface area contributed by atoms with E-state index in [9.17, 15) is 10.2 Å². The van der Waals surface area contributed by atoms with Crippen molar-refractivity contribution in [2.75, 3.05) is 19.7 Å². The Bertz CT molecular complexity index is 494. The summed E-state index contributed by atoms with van der Waals surface area (Å²) in [6.45, 7) is 4.19. The topological polar surface area (TPSA) is 74.6 Å². The molecule has 1 aromatic heterocycles. The largest absolute Gasteiger partial charge is 0.477 e. The van der Waals surface area contributed by atoms with Gasteiger partial charge in [0.15, 0.2) is 0 Å². The van der Waals surface area contributed by atoms with Crippen LogP contribution in [0.2, 0.25) is 0 Å². The van der Waals surface area contributed by atoms with Crippen molar-refractivity contribution in [1.29, 1.82) is 0 Å². The van der Waals surface area contributed by atoms with E-state index in [0.29, 0.717) is 25.3 Å². The maximum Gasteiger partial charge on any atom is 0.213 e. The number of aromatic nitrogens is 1. The Balaban J connectivity index is 1.60. The van der Waals surface area contributed by atoms with Crippen molar-refractivity contribution in [1.82, 2.24) is 10.3 Å². The van der Waals surface area contributed by atoms with E-state index in [0.717, 1.165) is 24.7 Å². The van der Waals surface area contributed by atoms with Gasteiger partial charge in [-0.15, -0.1) is 0 Å². The molecule has 0 saturated heterocycles. The summed E-state index contributed by atoms with van der Waals surface area (Å²) >= 11 is 0. The van der Waals surface area contributed by atoms with Crippen LogP contribution in [-0.4, -0.2) is 47.1 Å². The number of rotatable bonds is 7. The predicted octanol–water partition coefficient (Wildman–Crippen LogP) is 1.27. The minimum atomic E-state index is -0.656. The van der Waals surface area contributed by atoms with Gasteiger partial charge in [-0.25, -0.2) is 4.98 Å². The van der Waals surface area contributed by atoms with Gasteiger partial charge in [-0.3, -0.25) is 0 Å². The first kappa shape index (κ1) is 15.7. The number of ether oxygens (including phenoxy) is 1.